The molecule has 2 fully saturated rings. The summed E-state index contributed by atoms with van der Waals surface area (Å²) in [5.41, 5.74) is 0. The van der Waals surface area contributed by atoms with Crippen molar-refractivity contribution in [1.29, 1.82) is 0 Å². The predicted octanol–water partition coefficient (Wildman–Crippen LogP) is 1.39. The quantitative estimate of drug-likeness (QED) is 0.695. The first-order valence-electron chi connectivity index (χ1n) is 6.28. The van der Waals surface area contributed by atoms with Gasteiger partial charge >= 0.3 is 0 Å². The van der Waals surface area contributed by atoms with Gasteiger partial charge in [0.1, 0.15) is 0 Å². The lowest BCUT2D eigenvalue weighted by Gasteiger charge is -2.44. The van der Waals surface area contributed by atoms with Crippen LogP contribution in [0.2, 0.25) is 0 Å². The van der Waals surface area contributed by atoms with Crippen molar-refractivity contribution in [3.05, 3.63) is 0 Å². The first-order chi connectivity index (χ1) is 7.33. The minimum Gasteiger partial charge on any atom is -0.339 e. The minimum absolute atomic E-state index is 0.386. The van der Waals surface area contributed by atoms with Crippen LogP contribution in [0.15, 0.2) is 0 Å². The second-order valence-electron chi connectivity index (χ2n) is 4.85. The van der Waals surface area contributed by atoms with Gasteiger partial charge in [0.2, 0.25) is 5.91 Å². The van der Waals surface area contributed by atoms with Gasteiger partial charge in [-0.25, -0.2) is 0 Å². The maximum atomic E-state index is 12.0. The number of hydrogen-bond acceptors (Lipinski definition) is 2. The maximum Gasteiger partial charge on any atom is 0.225 e. The van der Waals surface area contributed by atoms with Crippen molar-refractivity contribution in [2.24, 2.45) is 5.92 Å². The lowest BCUT2D eigenvalue weighted by atomic mass is 9.82. The highest BCUT2D eigenvalue weighted by molar-refractivity contribution is 5.80. The number of nitrogens with zero attached hydrogens (tertiary/aromatic N) is 1. The fraction of sp³-hybridized carbons (Fsp3) is 0.917. The molecule has 0 bridgehead atoms. The number of amides is 1. The molecule has 1 amide bonds. The Morgan fingerprint density at radius 1 is 1.40 bits per heavy atom. The van der Waals surface area contributed by atoms with Gasteiger partial charge in [-0.2, -0.15) is 0 Å². The molecule has 2 rings (SSSR count). The van der Waals surface area contributed by atoms with Gasteiger partial charge in [0.05, 0.1) is 0 Å². The Kier molecular flexibility index (Phi) is 3.62. The van der Waals surface area contributed by atoms with E-state index in [-0.39, 0.29) is 0 Å². The van der Waals surface area contributed by atoms with E-state index in [0.29, 0.717) is 17.9 Å². The van der Waals surface area contributed by atoms with E-state index in [1.165, 1.54) is 25.7 Å². The zero-order chi connectivity index (χ0) is 10.7. The monoisotopic (exact) mass is 210 g/mol. The molecule has 1 atom stereocenters. The van der Waals surface area contributed by atoms with Crippen LogP contribution >= 0.6 is 0 Å². The van der Waals surface area contributed by atoms with E-state index < -0.39 is 0 Å². The molecule has 1 unspecified atom stereocenters. The summed E-state index contributed by atoms with van der Waals surface area (Å²) in [4.78, 5) is 14.1. The minimum atomic E-state index is 0.386. The first-order valence-corrected chi connectivity index (χ1v) is 6.28. The zero-order valence-electron chi connectivity index (χ0n) is 9.67. The van der Waals surface area contributed by atoms with Crippen molar-refractivity contribution in [1.82, 2.24) is 10.2 Å². The van der Waals surface area contributed by atoms with E-state index in [9.17, 15) is 4.79 Å². The van der Waals surface area contributed by atoms with E-state index in [4.69, 9.17) is 0 Å². The SMILES string of the molecule is CNCCCC1CCN1C(=O)C1CCC1. The summed E-state index contributed by atoms with van der Waals surface area (Å²) < 4.78 is 0. The smallest absolute Gasteiger partial charge is 0.225 e. The average molecular weight is 210 g/mol. The van der Waals surface area contributed by atoms with E-state index in [2.05, 4.69) is 10.2 Å². The molecule has 15 heavy (non-hydrogen) atoms. The molecule has 1 aliphatic heterocycles. The molecule has 0 aromatic rings. The van der Waals surface area contributed by atoms with E-state index in [1.54, 1.807) is 0 Å². The largest absolute Gasteiger partial charge is 0.339 e. The van der Waals surface area contributed by atoms with Gasteiger partial charge < -0.3 is 10.2 Å². The third-order valence-electron chi connectivity index (χ3n) is 3.85. The van der Waals surface area contributed by atoms with Crippen LogP contribution < -0.4 is 5.32 Å². The second kappa shape index (κ2) is 4.97. The van der Waals surface area contributed by atoms with Gasteiger partial charge in [-0.05, 0) is 45.7 Å². The molecule has 2 aliphatic rings. The molecule has 0 spiro atoms. The van der Waals surface area contributed by atoms with Gasteiger partial charge in [-0.1, -0.05) is 6.42 Å². The van der Waals surface area contributed by atoms with Crippen LogP contribution in [0.25, 0.3) is 0 Å². The Hall–Kier alpha value is -0.570. The van der Waals surface area contributed by atoms with Crippen LogP contribution in [0.4, 0.5) is 0 Å². The van der Waals surface area contributed by atoms with Gasteiger partial charge in [-0.3, -0.25) is 4.79 Å². The molecule has 1 aliphatic carbocycles. The molecule has 3 nitrogen and oxygen atoms in total. The fourth-order valence-electron chi connectivity index (χ4n) is 2.44. The fourth-order valence-corrected chi connectivity index (χ4v) is 2.44. The maximum absolute atomic E-state index is 12.0. The Morgan fingerprint density at radius 2 is 2.20 bits per heavy atom. The van der Waals surface area contributed by atoms with Gasteiger partial charge in [0, 0.05) is 18.5 Å². The summed E-state index contributed by atoms with van der Waals surface area (Å²) in [6.07, 6.45) is 7.13. The summed E-state index contributed by atoms with van der Waals surface area (Å²) in [5, 5.41) is 3.16. The van der Waals surface area contributed by atoms with Crippen LogP contribution in [0.1, 0.15) is 38.5 Å². The molecule has 0 aromatic carbocycles. The molecule has 1 N–H and O–H groups in total. The van der Waals surface area contributed by atoms with E-state index in [1.807, 2.05) is 7.05 Å². The van der Waals surface area contributed by atoms with Crippen molar-refractivity contribution in [2.75, 3.05) is 20.1 Å². The summed E-state index contributed by atoms with van der Waals surface area (Å²) in [7, 11) is 1.98. The number of hydrogen-bond donors (Lipinski definition) is 1. The van der Waals surface area contributed by atoms with Crippen LogP contribution in [0, 0.1) is 5.92 Å². The Labute approximate surface area is 92.2 Å². The predicted molar refractivity (Wildman–Crippen MR) is 60.6 cm³/mol. The van der Waals surface area contributed by atoms with Crippen LogP contribution in [-0.4, -0.2) is 37.0 Å². The highest BCUT2D eigenvalue weighted by Crippen LogP contribution is 2.32. The molecule has 0 radical (unpaired) electrons. The third-order valence-corrected chi connectivity index (χ3v) is 3.85. The normalized spacial score (nSPS) is 25.9. The lowest BCUT2D eigenvalue weighted by Crippen LogP contribution is -2.54. The van der Waals surface area contributed by atoms with Crippen LogP contribution in [0.3, 0.4) is 0 Å². The second-order valence-corrected chi connectivity index (χ2v) is 4.85. The van der Waals surface area contributed by atoms with Crippen LogP contribution in [-0.2, 0) is 4.79 Å². The van der Waals surface area contributed by atoms with Crippen LogP contribution in [0.5, 0.6) is 0 Å². The van der Waals surface area contributed by atoms with Crippen molar-refractivity contribution in [3.8, 4) is 0 Å². The molecule has 86 valence electrons. The zero-order valence-corrected chi connectivity index (χ0v) is 9.67. The van der Waals surface area contributed by atoms with Gasteiger partial charge in [-0.15, -0.1) is 0 Å². The summed E-state index contributed by atoms with van der Waals surface area (Å²) >= 11 is 0. The highest BCUT2D eigenvalue weighted by atomic mass is 16.2. The third kappa shape index (κ3) is 2.33. The van der Waals surface area contributed by atoms with E-state index in [0.717, 1.165) is 25.9 Å². The van der Waals surface area contributed by atoms with Crippen molar-refractivity contribution < 1.29 is 4.79 Å². The molecule has 1 heterocycles. The number of carbonyl (C=O) groups is 1. The Morgan fingerprint density at radius 3 is 2.67 bits per heavy atom. The van der Waals surface area contributed by atoms with Crippen molar-refractivity contribution in [2.45, 2.75) is 44.6 Å². The summed E-state index contributed by atoms with van der Waals surface area (Å²) in [5.74, 6) is 0.832. The van der Waals surface area contributed by atoms with Crippen molar-refractivity contribution in [3.63, 3.8) is 0 Å². The Bertz CT molecular complexity index is 226. The number of likely N-dealkylation sites (tertiary alicyclic amines) is 1. The first kappa shape index (κ1) is 10.9. The lowest BCUT2D eigenvalue weighted by molar-refractivity contribution is -0.146. The molecule has 0 aromatic heterocycles. The molecular weight excluding hydrogens is 188 g/mol. The molecule has 3 heteroatoms. The number of nitrogens with one attached hydrogen (secondary N) is 1. The van der Waals surface area contributed by atoms with Gasteiger partial charge in [0.25, 0.3) is 0 Å². The molecule has 1 saturated heterocycles. The number of carbonyl (C=O) groups excluding carboxylic acids is 1. The average Bonchev–Trinajstić information content (AvgIpc) is 2.07. The Balaban J connectivity index is 1.70. The highest BCUT2D eigenvalue weighted by Gasteiger charge is 2.37. The standard InChI is InChI=1S/C12H22N2O/c1-13-8-3-6-11-7-9-14(11)12(15)10-4-2-5-10/h10-11,13H,2-9H2,1H3. The summed E-state index contributed by atoms with van der Waals surface area (Å²) in [6, 6.07) is 0.562. The topological polar surface area (TPSA) is 32.3 Å². The summed E-state index contributed by atoms with van der Waals surface area (Å²) in [6.45, 7) is 2.08. The molecule has 1 saturated carbocycles. The van der Waals surface area contributed by atoms with Crippen molar-refractivity contribution >= 4 is 5.91 Å². The van der Waals surface area contributed by atoms with Gasteiger partial charge in [0.15, 0.2) is 0 Å². The number of rotatable bonds is 5. The molecular formula is C12H22N2O. The van der Waals surface area contributed by atoms with E-state index >= 15 is 0 Å².